The zero-order valence-electron chi connectivity index (χ0n) is 31.6. The van der Waals surface area contributed by atoms with Gasteiger partial charge >= 0.3 is 0 Å². The van der Waals surface area contributed by atoms with Crippen molar-refractivity contribution in [1.82, 2.24) is 5.06 Å². The van der Waals surface area contributed by atoms with Crippen LogP contribution in [-0.4, -0.2) is 87.6 Å². The molecule has 1 aliphatic heterocycles. The van der Waals surface area contributed by atoms with E-state index < -0.39 is 36.3 Å². The Morgan fingerprint density at radius 2 is 1.78 bits per heavy atom. The first-order valence-corrected chi connectivity index (χ1v) is 20.5. The van der Waals surface area contributed by atoms with Crippen LogP contribution in [0, 0.1) is 46.3 Å². The second-order valence-corrected chi connectivity index (χ2v) is 18.3. The molecule has 9 nitrogen and oxygen atoms in total. The summed E-state index contributed by atoms with van der Waals surface area (Å²) in [6.45, 7) is 13.0. The molecule has 5 N–H and O–H groups in total. The first-order chi connectivity index (χ1) is 23.8. The molecular weight excluding hydrogens is 651 g/mol. The summed E-state index contributed by atoms with van der Waals surface area (Å²) in [5, 5.41) is 30.8. The minimum absolute atomic E-state index is 0.00232. The topological polar surface area (TPSA) is 138 Å². The number of hydroxylamine groups is 2. The molecule has 1 heterocycles. The number of fused-ring (bicyclic) bond motifs is 5. The van der Waals surface area contributed by atoms with E-state index in [0.29, 0.717) is 30.3 Å². The largest absolute Gasteiger partial charge is 0.394 e. The van der Waals surface area contributed by atoms with E-state index in [0.717, 1.165) is 68.1 Å². The number of amides is 1. The van der Waals surface area contributed by atoms with E-state index in [2.05, 4.69) is 64.4 Å². The van der Waals surface area contributed by atoms with Gasteiger partial charge in [0, 0.05) is 24.9 Å². The second-order valence-electron chi connectivity index (χ2n) is 17.7. The van der Waals surface area contributed by atoms with Crippen LogP contribution in [0.2, 0.25) is 0 Å². The number of amidine groups is 1. The molecule has 0 aromatic carbocycles. The van der Waals surface area contributed by atoms with Gasteiger partial charge in [0.05, 0.1) is 29.9 Å². The molecule has 10 heteroatoms. The Morgan fingerprint density at radius 3 is 2.50 bits per heavy atom. The number of nitrogens with zero attached hydrogens (tertiary/aromatic N) is 2. The summed E-state index contributed by atoms with van der Waals surface area (Å²) in [7, 11) is 0. The van der Waals surface area contributed by atoms with Crippen LogP contribution in [0.25, 0.3) is 0 Å². The molecule has 1 saturated heterocycles. The van der Waals surface area contributed by atoms with Gasteiger partial charge in [0.1, 0.15) is 17.8 Å². The molecule has 4 aliphatic carbocycles. The van der Waals surface area contributed by atoms with Crippen LogP contribution < -0.4 is 5.73 Å². The van der Waals surface area contributed by atoms with Gasteiger partial charge in [-0.15, -0.1) is 0 Å². The van der Waals surface area contributed by atoms with Gasteiger partial charge < -0.3 is 25.8 Å². The lowest BCUT2D eigenvalue weighted by Gasteiger charge is -2.64. The molecule has 50 heavy (non-hydrogen) atoms. The zero-order chi connectivity index (χ0) is 36.3. The number of nitrogens with two attached hydrogens (primary N) is 1. The summed E-state index contributed by atoms with van der Waals surface area (Å²) in [5.74, 6) is 4.96. The number of ether oxygens (including phenoxy) is 1. The van der Waals surface area contributed by atoms with Crippen LogP contribution in [0.15, 0.2) is 17.1 Å². The number of allylic oxidation sites excluding steroid dienone is 1. The minimum atomic E-state index is -1.20. The van der Waals surface area contributed by atoms with Crippen molar-refractivity contribution in [3.05, 3.63) is 12.2 Å². The summed E-state index contributed by atoms with van der Waals surface area (Å²) in [6.07, 6.45) is 16.9. The van der Waals surface area contributed by atoms with Gasteiger partial charge in [-0.2, -0.15) is 12.6 Å². The quantitative estimate of drug-likeness (QED) is 0.0248. The van der Waals surface area contributed by atoms with Gasteiger partial charge in [-0.1, -0.05) is 66.0 Å². The Bertz CT molecular complexity index is 1190. The number of rotatable bonds is 16. The van der Waals surface area contributed by atoms with Crippen molar-refractivity contribution < 1.29 is 29.7 Å². The number of aliphatic imine (C=N–C) groups is 1. The Kier molecular flexibility index (Phi) is 13.5. The standard InChI is InChI=1S/C40H69N3O6S/c1-26(2)11-10-12-27(3)29-13-14-30-28-15-20-40(18-7-6-17-39(40,5)31(28)16-19-38(29,30)4)49-43(25-45)22-9-8-21-42-34(41)23-32-37(50)36(47)35(46)33(24-44)48-32/h6-7,25-33,35-37,44,46-47,50H,8-24H2,1-5H3,(H2,41,42)/t27-,28?,29-,30?,31?,32+,33-,35+,36+,37+,38-,39-,40?/m1/s1. The van der Waals surface area contributed by atoms with Gasteiger partial charge in [0.25, 0.3) is 0 Å². The van der Waals surface area contributed by atoms with Crippen LogP contribution in [0.4, 0.5) is 0 Å². The number of aliphatic hydroxyl groups excluding tert-OH is 3. The molecule has 4 unspecified atom stereocenters. The van der Waals surface area contributed by atoms with E-state index in [-0.39, 0.29) is 17.4 Å². The Labute approximate surface area is 307 Å². The highest BCUT2D eigenvalue weighted by Crippen LogP contribution is 2.69. The lowest BCUT2D eigenvalue weighted by molar-refractivity contribution is -0.301. The molecule has 3 saturated carbocycles. The van der Waals surface area contributed by atoms with Gasteiger partial charge in [-0.3, -0.25) is 14.6 Å². The van der Waals surface area contributed by atoms with Gasteiger partial charge in [-0.25, -0.2) is 5.06 Å². The fourth-order valence-electron chi connectivity index (χ4n) is 11.6. The third-order valence-corrected chi connectivity index (χ3v) is 15.1. The van der Waals surface area contributed by atoms with Gasteiger partial charge in [0.15, 0.2) is 0 Å². The van der Waals surface area contributed by atoms with Crippen LogP contribution >= 0.6 is 12.6 Å². The van der Waals surface area contributed by atoms with Crippen molar-refractivity contribution in [1.29, 1.82) is 0 Å². The third-order valence-electron chi connectivity index (χ3n) is 14.4. The average molecular weight is 720 g/mol. The highest BCUT2D eigenvalue weighted by Gasteiger charge is 2.65. The summed E-state index contributed by atoms with van der Waals surface area (Å²) in [6, 6.07) is 0. The molecule has 0 radical (unpaired) electrons. The fraction of sp³-hybridized carbons (Fsp3) is 0.900. The molecule has 5 rings (SSSR count). The predicted octanol–water partition coefficient (Wildman–Crippen LogP) is 6.09. The normalized spacial score (nSPS) is 42.1. The van der Waals surface area contributed by atoms with Crippen LogP contribution in [0.1, 0.15) is 125 Å². The molecule has 0 bridgehead atoms. The number of unbranched alkanes of at least 4 members (excludes halogenated alkanes) is 1. The van der Waals surface area contributed by atoms with Crippen molar-refractivity contribution >= 4 is 24.9 Å². The molecule has 0 spiro atoms. The van der Waals surface area contributed by atoms with E-state index in [4.69, 9.17) is 15.3 Å². The Hall–Kier alpha value is -1.17. The summed E-state index contributed by atoms with van der Waals surface area (Å²) in [5.41, 5.74) is 6.27. The number of hydrogen-bond acceptors (Lipinski definition) is 8. The second kappa shape index (κ2) is 16.9. The maximum Gasteiger partial charge on any atom is 0.233 e. The van der Waals surface area contributed by atoms with Crippen molar-refractivity contribution in [2.75, 3.05) is 19.7 Å². The summed E-state index contributed by atoms with van der Waals surface area (Å²) in [4.78, 5) is 23.8. The Morgan fingerprint density at radius 1 is 1.02 bits per heavy atom. The smallest absolute Gasteiger partial charge is 0.233 e. The average Bonchev–Trinajstić information content (AvgIpc) is 3.45. The van der Waals surface area contributed by atoms with Crippen molar-refractivity contribution in [2.24, 2.45) is 57.1 Å². The first kappa shape index (κ1) is 40.0. The molecule has 1 amide bonds. The molecule has 286 valence electrons. The number of thiol groups is 1. The highest BCUT2D eigenvalue weighted by atomic mass is 32.1. The van der Waals surface area contributed by atoms with E-state index in [1.54, 1.807) is 5.06 Å². The minimum Gasteiger partial charge on any atom is -0.394 e. The van der Waals surface area contributed by atoms with Crippen molar-refractivity contribution in [3.8, 4) is 0 Å². The first-order valence-electron chi connectivity index (χ1n) is 20.0. The van der Waals surface area contributed by atoms with Gasteiger partial charge in [-0.05, 0) is 105 Å². The van der Waals surface area contributed by atoms with E-state index in [9.17, 15) is 20.1 Å². The monoisotopic (exact) mass is 719 g/mol. The SMILES string of the molecule is CC(C)CCC[C@@H](C)[C@H]1CCC2C3CCC4(ON(C=O)CCCCN=C(N)C[C@@H]5O[C@H](CO)[C@H](O)[C@H](O)[C@H]5S)CC=CC[C@]4(C)C3CC[C@@]21C. The number of aliphatic hydroxyl groups is 3. The van der Waals surface area contributed by atoms with Crippen LogP contribution in [0.3, 0.4) is 0 Å². The molecule has 0 aromatic rings. The lowest BCUT2D eigenvalue weighted by Crippen LogP contribution is -2.63. The van der Waals surface area contributed by atoms with E-state index >= 15 is 0 Å². The summed E-state index contributed by atoms with van der Waals surface area (Å²) < 4.78 is 5.73. The fourth-order valence-corrected chi connectivity index (χ4v) is 11.9. The molecular formula is C40H69N3O6S. The Balaban J connectivity index is 1.15. The molecule has 5 aliphatic rings. The number of carbonyl (C=O) groups excluding carboxylic acids is 1. The van der Waals surface area contributed by atoms with Gasteiger partial charge in [0.2, 0.25) is 6.41 Å². The van der Waals surface area contributed by atoms with Crippen molar-refractivity contribution in [2.45, 2.75) is 160 Å². The van der Waals surface area contributed by atoms with Crippen LogP contribution in [-0.2, 0) is 14.4 Å². The molecule has 4 fully saturated rings. The van der Waals surface area contributed by atoms with Crippen LogP contribution in [0.5, 0.6) is 0 Å². The predicted molar refractivity (Wildman–Crippen MR) is 202 cm³/mol. The molecule has 0 aromatic heterocycles. The van der Waals surface area contributed by atoms with E-state index in [1.165, 1.54) is 51.4 Å². The zero-order valence-corrected chi connectivity index (χ0v) is 32.5. The highest BCUT2D eigenvalue weighted by molar-refractivity contribution is 7.81. The lowest BCUT2D eigenvalue weighted by atomic mass is 9.43. The molecule has 13 atom stereocenters. The third kappa shape index (κ3) is 8.01. The summed E-state index contributed by atoms with van der Waals surface area (Å²) >= 11 is 4.40. The maximum atomic E-state index is 12.4. The maximum absolute atomic E-state index is 12.4. The number of hydrogen-bond donors (Lipinski definition) is 5. The van der Waals surface area contributed by atoms with Crippen molar-refractivity contribution in [3.63, 3.8) is 0 Å². The number of carbonyl (C=O) groups is 1. The van der Waals surface area contributed by atoms with E-state index in [1.807, 2.05) is 0 Å².